The summed E-state index contributed by atoms with van der Waals surface area (Å²) >= 11 is 7.00. The van der Waals surface area contributed by atoms with Crippen molar-refractivity contribution in [2.75, 3.05) is 0 Å². The van der Waals surface area contributed by atoms with E-state index in [0.29, 0.717) is 0 Å². The summed E-state index contributed by atoms with van der Waals surface area (Å²) < 4.78 is 27.2. The van der Waals surface area contributed by atoms with E-state index in [1.54, 1.807) is 0 Å². The Morgan fingerprint density at radius 3 is 0.958 bits per heavy atom. The molecule has 8 rings (SSSR count). The Labute approximate surface area is 301 Å². The molecule has 8 heteroatoms. The lowest BCUT2D eigenvalue weighted by Crippen LogP contribution is -2.41. The predicted octanol–water partition coefficient (Wildman–Crippen LogP) is 10.1. The number of benzene rings is 6. The zero-order chi connectivity index (χ0) is 34.2. The molecule has 0 amide bonds. The van der Waals surface area contributed by atoms with E-state index in [2.05, 4.69) is 184 Å². The van der Waals surface area contributed by atoms with Crippen LogP contribution in [0.2, 0.25) is 0 Å². The summed E-state index contributed by atoms with van der Waals surface area (Å²) in [5.41, 5.74) is 0.702. The molecule has 0 spiro atoms. The Hall–Kier alpha value is -2.71. The van der Waals surface area contributed by atoms with Crippen molar-refractivity contribution in [1.82, 2.24) is 0 Å². The van der Waals surface area contributed by atoms with Gasteiger partial charge in [-0.1, -0.05) is 105 Å². The lowest BCUT2D eigenvalue weighted by atomic mass is 9.76. The molecule has 244 valence electrons. The van der Waals surface area contributed by atoms with Crippen LogP contribution in [-0.4, -0.2) is 36.6 Å². The van der Waals surface area contributed by atoms with Crippen LogP contribution in [0.1, 0.15) is 55.4 Å². The third kappa shape index (κ3) is 6.03. The van der Waals surface area contributed by atoms with Crippen LogP contribution in [0.25, 0.3) is 43.1 Å². The van der Waals surface area contributed by atoms with Crippen molar-refractivity contribution in [3.05, 3.63) is 106 Å². The molecule has 0 atom stereocenters. The first-order chi connectivity index (χ1) is 22.5. The van der Waals surface area contributed by atoms with Crippen molar-refractivity contribution in [2.24, 2.45) is 0 Å². The van der Waals surface area contributed by atoms with E-state index in [4.69, 9.17) is 18.6 Å². The van der Waals surface area contributed by atoms with Gasteiger partial charge in [0.15, 0.2) is 0 Å². The maximum atomic E-state index is 6.24. The second-order valence-corrected chi connectivity index (χ2v) is 16.8. The van der Waals surface area contributed by atoms with Gasteiger partial charge in [0, 0.05) is 8.95 Å². The van der Waals surface area contributed by atoms with Gasteiger partial charge in [0.2, 0.25) is 0 Å². The molecule has 2 saturated heterocycles. The molecule has 0 radical (unpaired) electrons. The van der Waals surface area contributed by atoms with E-state index in [0.717, 1.165) is 19.9 Å². The van der Waals surface area contributed by atoms with Gasteiger partial charge in [0.25, 0.3) is 0 Å². The third-order valence-corrected chi connectivity index (χ3v) is 11.7. The van der Waals surface area contributed by atoms with Crippen LogP contribution in [0.15, 0.2) is 106 Å². The summed E-state index contributed by atoms with van der Waals surface area (Å²) in [7, 11) is -0.711. The van der Waals surface area contributed by atoms with Gasteiger partial charge in [0.05, 0.1) is 22.4 Å². The van der Waals surface area contributed by atoms with Crippen LogP contribution in [0.3, 0.4) is 0 Å². The Morgan fingerprint density at radius 1 is 0.375 bits per heavy atom. The van der Waals surface area contributed by atoms with Crippen LogP contribution in [0.4, 0.5) is 0 Å². The molecular formula is C40H40B2Br2O4. The van der Waals surface area contributed by atoms with Gasteiger partial charge in [-0.2, -0.15) is 0 Å². The fraction of sp³-hybridized carbons (Fsp3) is 0.300. The molecule has 6 aromatic rings. The topological polar surface area (TPSA) is 36.9 Å². The molecule has 0 N–H and O–H groups in total. The van der Waals surface area contributed by atoms with Gasteiger partial charge in [-0.25, -0.2) is 0 Å². The predicted molar refractivity (Wildman–Crippen MR) is 210 cm³/mol. The minimum absolute atomic E-state index is 0.347. The standard InChI is InChI=1S/C26H32B2O4.C14H8Br2/c1-23(2)24(3,4)30-27(29-23)19-11-13-21-17(15-19)9-10-18-16-20(12-14-22(18)21)28-31-25(5,6)26(7,8)32-28;15-11-3-5-13-9(7-11)1-2-10-8-12(16)4-6-14(10)13/h9-16H,1-8H3;1-8H. The molecule has 48 heavy (non-hydrogen) atoms. The first kappa shape index (κ1) is 33.8. The van der Waals surface area contributed by atoms with Crippen molar-refractivity contribution in [3.63, 3.8) is 0 Å². The summed E-state index contributed by atoms with van der Waals surface area (Å²) in [6.45, 7) is 16.7. The zero-order valence-corrected chi connectivity index (χ0v) is 32.0. The van der Waals surface area contributed by atoms with Gasteiger partial charge in [-0.15, -0.1) is 0 Å². The molecule has 2 aliphatic heterocycles. The average Bonchev–Trinajstić information content (AvgIpc) is 3.39. The zero-order valence-electron chi connectivity index (χ0n) is 28.8. The summed E-state index contributed by atoms with van der Waals surface area (Å²) in [6.07, 6.45) is 0. The Bertz CT molecular complexity index is 2020. The second kappa shape index (κ2) is 12.0. The number of hydrogen-bond donors (Lipinski definition) is 0. The van der Waals surface area contributed by atoms with E-state index in [9.17, 15) is 0 Å². The first-order valence-electron chi connectivity index (χ1n) is 16.5. The summed E-state index contributed by atoms with van der Waals surface area (Å²) in [5.74, 6) is 0. The van der Waals surface area contributed by atoms with Crippen LogP contribution in [0.5, 0.6) is 0 Å². The monoisotopic (exact) mass is 764 g/mol. The average molecular weight is 766 g/mol. The van der Waals surface area contributed by atoms with E-state index < -0.39 is 0 Å². The van der Waals surface area contributed by atoms with Crippen molar-refractivity contribution < 1.29 is 18.6 Å². The highest BCUT2D eigenvalue weighted by atomic mass is 79.9. The van der Waals surface area contributed by atoms with E-state index in [-0.39, 0.29) is 36.6 Å². The largest absolute Gasteiger partial charge is 0.494 e. The SMILES string of the molecule is Brc1ccc2c(ccc3cc(Br)ccc32)c1.CC1(C)OB(c2ccc3c(ccc4cc(B5OC(C)(C)C(C)(C)O5)ccc43)c2)OC1(C)C. The van der Waals surface area contributed by atoms with Gasteiger partial charge in [0.1, 0.15) is 0 Å². The fourth-order valence-electron chi connectivity index (χ4n) is 6.37. The number of rotatable bonds is 2. The van der Waals surface area contributed by atoms with Crippen LogP contribution >= 0.6 is 31.9 Å². The molecule has 0 bridgehead atoms. The summed E-state index contributed by atoms with van der Waals surface area (Å²) in [5, 5.41) is 9.91. The normalized spacial score (nSPS) is 19.3. The van der Waals surface area contributed by atoms with E-state index >= 15 is 0 Å². The maximum absolute atomic E-state index is 6.24. The number of hydrogen-bond acceptors (Lipinski definition) is 4. The van der Waals surface area contributed by atoms with Crippen LogP contribution in [-0.2, 0) is 18.6 Å². The fourth-order valence-corrected chi connectivity index (χ4v) is 7.13. The summed E-state index contributed by atoms with van der Waals surface area (Å²) in [6, 6.07) is 34.4. The van der Waals surface area contributed by atoms with E-state index in [1.807, 2.05) is 0 Å². The molecule has 0 unspecified atom stereocenters. The van der Waals surface area contributed by atoms with Crippen molar-refractivity contribution in [3.8, 4) is 0 Å². The lowest BCUT2D eigenvalue weighted by Gasteiger charge is -2.32. The Balaban J connectivity index is 0.000000190. The molecule has 2 aliphatic rings. The summed E-state index contributed by atoms with van der Waals surface area (Å²) in [4.78, 5) is 0. The Morgan fingerprint density at radius 2 is 0.646 bits per heavy atom. The third-order valence-electron chi connectivity index (χ3n) is 10.7. The maximum Gasteiger partial charge on any atom is 0.494 e. The number of halogens is 2. The minimum Gasteiger partial charge on any atom is -0.399 e. The van der Waals surface area contributed by atoms with Gasteiger partial charge < -0.3 is 18.6 Å². The quantitative estimate of drug-likeness (QED) is 0.130. The van der Waals surface area contributed by atoms with Gasteiger partial charge >= 0.3 is 14.2 Å². The highest BCUT2D eigenvalue weighted by Crippen LogP contribution is 2.38. The molecule has 4 nitrogen and oxygen atoms in total. The van der Waals surface area contributed by atoms with Gasteiger partial charge in [-0.3, -0.25) is 0 Å². The minimum atomic E-state index is -0.356. The van der Waals surface area contributed by atoms with Crippen LogP contribution < -0.4 is 10.9 Å². The highest BCUT2D eigenvalue weighted by Gasteiger charge is 2.52. The lowest BCUT2D eigenvalue weighted by molar-refractivity contribution is 0.00578. The molecular weight excluding hydrogens is 726 g/mol. The molecule has 6 aromatic carbocycles. The molecule has 2 fully saturated rings. The van der Waals surface area contributed by atoms with E-state index in [1.165, 1.54) is 43.1 Å². The van der Waals surface area contributed by atoms with Crippen LogP contribution in [0, 0.1) is 0 Å². The van der Waals surface area contributed by atoms with Crippen molar-refractivity contribution in [1.29, 1.82) is 0 Å². The molecule has 0 aliphatic carbocycles. The first-order valence-corrected chi connectivity index (χ1v) is 18.1. The Kier molecular flexibility index (Phi) is 8.42. The number of fused-ring (bicyclic) bond motifs is 6. The van der Waals surface area contributed by atoms with Crippen molar-refractivity contribution >= 4 is 100 Å². The smallest absolute Gasteiger partial charge is 0.399 e. The second-order valence-electron chi connectivity index (χ2n) is 15.0. The molecule has 2 heterocycles. The molecule has 0 aromatic heterocycles. The van der Waals surface area contributed by atoms with Gasteiger partial charge in [-0.05, 0) is 134 Å². The molecule has 0 saturated carbocycles. The van der Waals surface area contributed by atoms with Crippen molar-refractivity contribution in [2.45, 2.75) is 77.8 Å². The highest BCUT2D eigenvalue weighted by molar-refractivity contribution is 9.10.